The number of anilines is 1. The molecule has 0 radical (unpaired) electrons. The predicted octanol–water partition coefficient (Wildman–Crippen LogP) is 2.71. The second-order valence-corrected chi connectivity index (χ2v) is 3.44. The molecule has 0 aromatic heterocycles. The Morgan fingerprint density at radius 3 is 2.33 bits per heavy atom. The van der Waals surface area contributed by atoms with Crippen LogP contribution in [0.4, 0.5) is 5.69 Å². The molecule has 0 fully saturated rings. The molecule has 64 valence electrons. The molecule has 0 unspecified atom stereocenters. The summed E-state index contributed by atoms with van der Waals surface area (Å²) in [6.07, 6.45) is 0. The highest BCUT2D eigenvalue weighted by molar-refractivity contribution is 5.49. The normalized spacial score (nSPS) is 9.67. The Balaban J connectivity index is 2.96. The molecule has 1 aromatic rings. The van der Waals surface area contributed by atoms with Gasteiger partial charge in [-0.25, -0.2) is 0 Å². The Labute approximate surface area is 75.0 Å². The molecular formula is C11H16N+. The molecule has 0 amide bonds. The van der Waals surface area contributed by atoms with Crippen LogP contribution in [-0.4, -0.2) is 14.1 Å². The summed E-state index contributed by atoms with van der Waals surface area (Å²) in [5.41, 5.74) is 2.58. The van der Waals surface area contributed by atoms with E-state index in [1.165, 1.54) is 17.2 Å². The fraction of sp³-hybridized carbons (Fsp3) is 0.364. The van der Waals surface area contributed by atoms with E-state index in [1.807, 2.05) is 0 Å². The molecule has 0 aliphatic rings. The third kappa shape index (κ3) is 1.94. The van der Waals surface area contributed by atoms with Gasteiger partial charge in [-0.2, -0.15) is 0 Å². The van der Waals surface area contributed by atoms with Crippen molar-refractivity contribution in [3.63, 3.8) is 0 Å². The van der Waals surface area contributed by atoms with Crippen LogP contribution in [0.3, 0.4) is 0 Å². The fourth-order valence-corrected chi connectivity index (χ4v) is 1.10. The van der Waals surface area contributed by atoms with E-state index in [1.54, 1.807) is 0 Å². The zero-order chi connectivity index (χ0) is 9.14. The van der Waals surface area contributed by atoms with Gasteiger partial charge in [-0.3, -0.25) is 0 Å². The smallest absolute Gasteiger partial charge is 0.134 e. The third-order valence-corrected chi connectivity index (χ3v) is 1.94. The zero-order valence-corrected chi connectivity index (χ0v) is 8.26. The summed E-state index contributed by atoms with van der Waals surface area (Å²) >= 11 is 0. The number of hydrogen-bond donors (Lipinski definition) is 0. The minimum absolute atomic E-state index is 1.26. The highest BCUT2D eigenvalue weighted by Crippen LogP contribution is 2.19. The number of nitrogens with zero attached hydrogens (tertiary/aromatic N) is 1. The van der Waals surface area contributed by atoms with Gasteiger partial charge in [0.25, 0.3) is 0 Å². The molecule has 1 rings (SSSR count). The Morgan fingerprint density at radius 2 is 1.83 bits per heavy atom. The topological polar surface area (TPSA) is 3.24 Å². The maximum absolute atomic E-state index is 2.20. The Kier molecular flexibility index (Phi) is 2.64. The first-order valence-electron chi connectivity index (χ1n) is 4.19. The standard InChI is InChI=1S/C11H16N/c1-9(2)10-6-5-7-11(8-10)12(3)4/h5-8H,1-4H3/q+1. The van der Waals surface area contributed by atoms with Crippen molar-refractivity contribution < 1.29 is 0 Å². The Bertz CT molecular complexity index is 228. The molecule has 0 spiro atoms. The molecule has 1 heteroatoms. The summed E-state index contributed by atoms with van der Waals surface area (Å²) < 4.78 is 0. The highest BCUT2D eigenvalue weighted by atomic mass is 15.1. The Morgan fingerprint density at radius 1 is 1.17 bits per heavy atom. The van der Waals surface area contributed by atoms with Crippen molar-refractivity contribution in [3.8, 4) is 0 Å². The van der Waals surface area contributed by atoms with E-state index in [4.69, 9.17) is 0 Å². The molecule has 0 N–H and O–H groups in total. The van der Waals surface area contributed by atoms with Gasteiger partial charge in [-0.15, -0.1) is 0 Å². The first-order chi connectivity index (χ1) is 5.61. The largest absolute Gasteiger partial charge is 0.367 e. The van der Waals surface area contributed by atoms with Crippen LogP contribution < -0.4 is 4.90 Å². The fourth-order valence-electron chi connectivity index (χ4n) is 1.10. The van der Waals surface area contributed by atoms with Gasteiger partial charge < -0.3 is 4.90 Å². The van der Waals surface area contributed by atoms with E-state index < -0.39 is 0 Å². The highest BCUT2D eigenvalue weighted by Gasteiger charge is 2.08. The molecular weight excluding hydrogens is 146 g/mol. The molecule has 1 nitrogen and oxygen atoms in total. The van der Waals surface area contributed by atoms with Crippen molar-refractivity contribution in [1.82, 2.24) is 0 Å². The van der Waals surface area contributed by atoms with Gasteiger partial charge in [0.2, 0.25) is 0 Å². The molecule has 0 bridgehead atoms. The molecule has 1 aromatic carbocycles. The molecule has 0 atom stereocenters. The van der Waals surface area contributed by atoms with E-state index >= 15 is 0 Å². The van der Waals surface area contributed by atoms with Crippen LogP contribution in [0.2, 0.25) is 0 Å². The maximum atomic E-state index is 2.20. The number of rotatable bonds is 2. The lowest BCUT2D eigenvalue weighted by molar-refractivity contribution is 1.10. The summed E-state index contributed by atoms with van der Waals surface area (Å²) in [6.45, 7) is 4.27. The second kappa shape index (κ2) is 3.53. The first-order valence-corrected chi connectivity index (χ1v) is 4.19. The molecule has 0 aliphatic carbocycles. The zero-order valence-electron chi connectivity index (χ0n) is 8.26. The summed E-state index contributed by atoms with van der Waals surface area (Å²) in [4.78, 5) is 2.12. The van der Waals surface area contributed by atoms with Crippen molar-refractivity contribution >= 4 is 5.69 Å². The molecule has 0 saturated heterocycles. The van der Waals surface area contributed by atoms with Gasteiger partial charge in [0.05, 0.1) is 11.8 Å². The summed E-state index contributed by atoms with van der Waals surface area (Å²) in [7, 11) is 4.12. The SMILES string of the molecule is C[C+](C)c1cccc(N(C)C)c1. The number of benzene rings is 1. The first kappa shape index (κ1) is 8.98. The molecule has 0 aliphatic heterocycles. The van der Waals surface area contributed by atoms with Gasteiger partial charge in [0.15, 0.2) is 0 Å². The summed E-state index contributed by atoms with van der Waals surface area (Å²) in [5, 5.41) is 0. The van der Waals surface area contributed by atoms with E-state index in [0.717, 1.165) is 0 Å². The van der Waals surface area contributed by atoms with Crippen LogP contribution >= 0.6 is 0 Å². The quantitative estimate of drug-likeness (QED) is 0.604. The van der Waals surface area contributed by atoms with Crippen LogP contribution in [0, 0.1) is 5.92 Å². The average molecular weight is 162 g/mol. The van der Waals surface area contributed by atoms with E-state index in [2.05, 4.69) is 57.1 Å². The lowest BCUT2D eigenvalue weighted by Gasteiger charge is -2.09. The van der Waals surface area contributed by atoms with Crippen molar-refractivity contribution in [1.29, 1.82) is 0 Å². The minimum atomic E-state index is 1.26. The van der Waals surface area contributed by atoms with Gasteiger partial charge in [-0.05, 0) is 12.1 Å². The van der Waals surface area contributed by atoms with Crippen LogP contribution in [-0.2, 0) is 0 Å². The average Bonchev–Trinajstić information content (AvgIpc) is 2.04. The van der Waals surface area contributed by atoms with Crippen LogP contribution in [0.15, 0.2) is 24.3 Å². The molecule has 0 saturated carbocycles. The van der Waals surface area contributed by atoms with Gasteiger partial charge in [0, 0.05) is 39.9 Å². The van der Waals surface area contributed by atoms with E-state index in [9.17, 15) is 0 Å². The number of hydrogen-bond acceptors (Lipinski definition) is 1. The van der Waals surface area contributed by atoms with E-state index in [-0.39, 0.29) is 0 Å². The minimum Gasteiger partial charge on any atom is -0.367 e. The summed E-state index contributed by atoms with van der Waals surface area (Å²) in [5.74, 6) is 1.36. The lowest BCUT2D eigenvalue weighted by Crippen LogP contribution is -2.08. The Hall–Kier alpha value is -1.11. The van der Waals surface area contributed by atoms with Gasteiger partial charge in [-0.1, -0.05) is 0 Å². The van der Waals surface area contributed by atoms with Crippen molar-refractivity contribution in [3.05, 3.63) is 35.7 Å². The lowest BCUT2D eigenvalue weighted by atomic mass is 10.0. The molecule has 0 heterocycles. The van der Waals surface area contributed by atoms with E-state index in [0.29, 0.717) is 0 Å². The van der Waals surface area contributed by atoms with Crippen molar-refractivity contribution in [2.45, 2.75) is 13.8 Å². The molecule has 12 heavy (non-hydrogen) atoms. The van der Waals surface area contributed by atoms with Crippen molar-refractivity contribution in [2.75, 3.05) is 19.0 Å². The summed E-state index contributed by atoms with van der Waals surface area (Å²) in [6, 6.07) is 8.56. The third-order valence-electron chi connectivity index (χ3n) is 1.94. The predicted molar refractivity (Wildman–Crippen MR) is 54.5 cm³/mol. The van der Waals surface area contributed by atoms with Crippen LogP contribution in [0.25, 0.3) is 0 Å². The van der Waals surface area contributed by atoms with Gasteiger partial charge in [0.1, 0.15) is 5.56 Å². The van der Waals surface area contributed by atoms with Crippen molar-refractivity contribution in [2.24, 2.45) is 0 Å². The monoisotopic (exact) mass is 162 g/mol. The van der Waals surface area contributed by atoms with Gasteiger partial charge >= 0.3 is 0 Å². The van der Waals surface area contributed by atoms with Crippen LogP contribution in [0.1, 0.15) is 19.4 Å². The maximum Gasteiger partial charge on any atom is 0.134 e. The second-order valence-electron chi connectivity index (χ2n) is 3.44. The van der Waals surface area contributed by atoms with Crippen LogP contribution in [0.5, 0.6) is 0 Å².